The Balaban J connectivity index is 2.27. The molecule has 0 heterocycles. The minimum atomic E-state index is -0.526. The number of hydrogen-bond acceptors (Lipinski definition) is 5. The van der Waals surface area contributed by atoms with Gasteiger partial charge < -0.3 is 15.4 Å². The van der Waals surface area contributed by atoms with Gasteiger partial charge in [-0.1, -0.05) is 44.2 Å². The Kier molecular flexibility index (Phi) is 6.94. The van der Waals surface area contributed by atoms with E-state index in [9.17, 15) is 14.9 Å². The summed E-state index contributed by atoms with van der Waals surface area (Å²) in [7, 11) is 1.29. The van der Waals surface area contributed by atoms with Gasteiger partial charge in [0.05, 0.1) is 18.4 Å². The number of nitrogens with one attached hydrogen (secondary N) is 2. The fraction of sp³-hybridized carbons (Fsp3) is 0.227. The molecule has 2 N–H and O–H groups in total. The summed E-state index contributed by atoms with van der Waals surface area (Å²) in [5, 5.41) is 15.1. The van der Waals surface area contributed by atoms with Gasteiger partial charge in [0.15, 0.2) is 0 Å². The summed E-state index contributed by atoms with van der Waals surface area (Å²) in [5.74, 6) is -0.822. The summed E-state index contributed by atoms with van der Waals surface area (Å²) in [6.45, 7) is 5.98. The summed E-state index contributed by atoms with van der Waals surface area (Å²) in [5.41, 5.74) is 3.25. The maximum atomic E-state index is 12.6. The zero-order valence-electron chi connectivity index (χ0n) is 16.4. The highest BCUT2D eigenvalue weighted by atomic mass is 16.5. The molecule has 0 radical (unpaired) electrons. The highest BCUT2D eigenvalue weighted by Gasteiger charge is 2.16. The average Bonchev–Trinajstić information content (AvgIpc) is 2.69. The molecular formula is C22H23N3O3. The molecule has 144 valence electrons. The van der Waals surface area contributed by atoms with Crippen molar-refractivity contribution in [3.63, 3.8) is 0 Å². The molecule has 0 aromatic heterocycles. The normalized spacial score (nSPS) is 10.9. The summed E-state index contributed by atoms with van der Waals surface area (Å²) in [4.78, 5) is 24.5. The molecule has 0 spiro atoms. The van der Waals surface area contributed by atoms with Gasteiger partial charge in [-0.2, -0.15) is 5.26 Å². The van der Waals surface area contributed by atoms with Crippen LogP contribution in [-0.4, -0.2) is 19.0 Å². The first-order valence-electron chi connectivity index (χ1n) is 8.84. The van der Waals surface area contributed by atoms with Crippen molar-refractivity contribution < 1.29 is 14.3 Å². The number of nitriles is 1. The number of para-hydroxylation sites is 2. The molecule has 0 aliphatic rings. The van der Waals surface area contributed by atoms with E-state index in [4.69, 9.17) is 4.74 Å². The molecule has 0 atom stereocenters. The number of carbonyl (C=O) groups is 2. The molecule has 6 nitrogen and oxygen atoms in total. The SMILES string of the molecule is COC(=O)c1ccccc1N/C=C(/C#N)C(=O)Nc1c(C)cccc1C(C)C. The fourth-order valence-electron chi connectivity index (χ4n) is 2.72. The van der Waals surface area contributed by atoms with Gasteiger partial charge in [-0.05, 0) is 36.1 Å². The van der Waals surface area contributed by atoms with Crippen molar-refractivity contribution in [2.75, 3.05) is 17.7 Å². The molecule has 2 aromatic rings. The van der Waals surface area contributed by atoms with E-state index in [-0.39, 0.29) is 11.5 Å². The van der Waals surface area contributed by atoms with Crippen molar-refractivity contribution in [2.45, 2.75) is 26.7 Å². The minimum absolute atomic E-state index is 0.113. The lowest BCUT2D eigenvalue weighted by Gasteiger charge is -2.16. The number of ether oxygens (including phenoxy) is 1. The third kappa shape index (κ3) is 4.77. The van der Waals surface area contributed by atoms with E-state index < -0.39 is 11.9 Å². The second kappa shape index (κ2) is 9.38. The molecule has 0 saturated heterocycles. The lowest BCUT2D eigenvalue weighted by Crippen LogP contribution is -2.17. The molecule has 2 aromatic carbocycles. The molecule has 0 saturated carbocycles. The van der Waals surface area contributed by atoms with Crippen LogP contribution in [0.1, 0.15) is 41.3 Å². The van der Waals surface area contributed by atoms with Crippen LogP contribution in [0.15, 0.2) is 54.2 Å². The maximum absolute atomic E-state index is 12.6. The molecule has 0 aliphatic heterocycles. The second-order valence-corrected chi connectivity index (χ2v) is 6.50. The Morgan fingerprint density at radius 2 is 1.86 bits per heavy atom. The van der Waals surface area contributed by atoms with Crippen molar-refractivity contribution in [2.24, 2.45) is 0 Å². The van der Waals surface area contributed by atoms with Crippen molar-refractivity contribution in [1.82, 2.24) is 0 Å². The highest BCUT2D eigenvalue weighted by molar-refractivity contribution is 6.07. The standard InChI is InChI=1S/C22H23N3O3/c1-14(2)17-10-7-8-15(3)20(17)25-21(26)16(12-23)13-24-19-11-6-5-9-18(19)22(27)28-4/h5-11,13-14,24H,1-4H3,(H,25,26)/b16-13-. The van der Waals surface area contributed by atoms with Crippen molar-refractivity contribution >= 4 is 23.3 Å². The number of amides is 1. The van der Waals surface area contributed by atoms with E-state index in [0.717, 1.165) is 11.1 Å². The summed E-state index contributed by atoms with van der Waals surface area (Å²) >= 11 is 0. The number of esters is 1. The van der Waals surface area contributed by atoms with E-state index in [2.05, 4.69) is 10.6 Å². The number of carbonyl (C=O) groups excluding carboxylic acids is 2. The smallest absolute Gasteiger partial charge is 0.339 e. The number of nitrogens with zero attached hydrogens (tertiary/aromatic N) is 1. The van der Waals surface area contributed by atoms with Crippen LogP contribution in [0.5, 0.6) is 0 Å². The molecule has 0 unspecified atom stereocenters. The van der Waals surface area contributed by atoms with Crippen molar-refractivity contribution in [3.05, 3.63) is 70.9 Å². The van der Waals surface area contributed by atoms with E-state index in [1.54, 1.807) is 24.3 Å². The lowest BCUT2D eigenvalue weighted by molar-refractivity contribution is -0.112. The summed E-state index contributed by atoms with van der Waals surface area (Å²) < 4.78 is 4.74. The maximum Gasteiger partial charge on any atom is 0.339 e. The van der Waals surface area contributed by atoms with E-state index >= 15 is 0 Å². The number of anilines is 2. The van der Waals surface area contributed by atoms with Crippen LogP contribution in [0.4, 0.5) is 11.4 Å². The zero-order valence-corrected chi connectivity index (χ0v) is 16.4. The van der Waals surface area contributed by atoms with Gasteiger partial charge in [0.1, 0.15) is 11.6 Å². The fourth-order valence-corrected chi connectivity index (χ4v) is 2.72. The van der Waals surface area contributed by atoms with E-state index in [0.29, 0.717) is 16.9 Å². The topological polar surface area (TPSA) is 91.2 Å². The molecule has 1 amide bonds. The average molecular weight is 377 g/mol. The van der Waals surface area contributed by atoms with Crippen LogP contribution in [0.3, 0.4) is 0 Å². The number of hydrogen-bond donors (Lipinski definition) is 2. The van der Waals surface area contributed by atoms with Crippen LogP contribution >= 0.6 is 0 Å². The van der Waals surface area contributed by atoms with Gasteiger partial charge >= 0.3 is 5.97 Å². The monoisotopic (exact) mass is 377 g/mol. The Labute approximate surface area is 164 Å². The minimum Gasteiger partial charge on any atom is -0.465 e. The van der Waals surface area contributed by atoms with E-state index in [1.165, 1.54) is 13.3 Å². The number of rotatable bonds is 6. The van der Waals surface area contributed by atoms with Crippen molar-refractivity contribution in [3.8, 4) is 6.07 Å². The zero-order chi connectivity index (χ0) is 20.7. The Bertz CT molecular complexity index is 956. The predicted molar refractivity (Wildman–Crippen MR) is 109 cm³/mol. The van der Waals surface area contributed by atoms with Gasteiger partial charge in [-0.15, -0.1) is 0 Å². The van der Waals surface area contributed by atoms with Crippen molar-refractivity contribution in [1.29, 1.82) is 5.26 Å². The van der Waals surface area contributed by atoms with Crippen LogP contribution in [0.2, 0.25) is 0 Å². The quantitative estimate of drug-likeness (QED) is 0.443. The Hall–Kier alpha value is -3.59. The predicted octanol–water partition coefficient (Wildman–Crippen LogP) is 4.36. The molecule has 0 bridgehead atoms. The molecule has 2 rings (SSSR count). The third-order valence-electron chi connectivity index (χ3n) is 4.24. The molecule has 0 aliphatic carbocycles. The van der Waals surface area contributed by atoms with Gasteiger partial charge in [0.25, 0.3) is 5.91 Å². The summed E-state index contributed by atoms with van der Waals surface area (Å²) in [6.07, 6.45) is 1.28. The van der Waals surface area contributed by atoms with Crippen LogP contribution < -0.4 is 10.6 Å². The first kappa shape index (κ1) is 20.7. The molecular weight excluding hydrogens is 354 g/mol. The Morgan fingerprint density at radius 1 is 1.14 bits per heavy atom. The lowest BCUT2D eigenvalue weighted by atomic mass is 9.98. The van der Waals surface area contributed by atoms with Gasteiger partial charge in [0.2, 0.25) is 0 Å². The first-order valence-corrected chi connectivity index (χ1v) is 8.84. The number of methoxy groups -OCH3 is 1. The number of aryl methyl sites for hydroxylation is 1. The number of benzene rings is 2. The van der Waals surface area contributed by atoms with Gasteiger partial charge in [-0.25, -0.2) is 4.79 Å². The van der Waals surface area contributed by atoms with Crippen LogP contribution in [-0.2, 0) is 9.53 Å². The molecule has 28 heavy (non-hydrogen) atoms. The van der Waals surface area contributed by atoms with Gasteiger partial charge in [0, 0.05) is 11.9 Å². The summed E-state index contributed by atoms with van der Waals surface area (Å²) in [6, 6.07) is 14.4. The Morgan fingerprint density at radius 3 is 2.50 bits per heavy atom. The van der Waals surface area contributed by atoms with Gasteiger partial charge in [-0.3, -0.25) is 4.79 Å². The van der Waals surface area contributed by atoms with E-state index in [1.807, 2.05) is 45.0 Å². The van der Waals surface area contributed by atoms with Crippen LogP contribution in [0, 0.1) is 18.3 Å². The molecule has 6 heteroatoms. The second-order valence-electron chi connectivity index (χ2n) is 6.50. The third-order valence-corrected chi connectivity index (χ3v) is 4.24. The first-order chi connectivity index (χ1) is 13.4. The largest absolute Gasteiger partial charge is 0.465 e. The molecule has 0 fully saturated rings. The van der Waals surface area contributed by atoms with Crippen LogP contribution in [0.25, 0.3) is 0 Å². The highest BCUT2D eigenvalue weighted by Crippen LogP contribution is 2.27.